The normalized spacial score (nSPS) is 11.3. The summed E-state index contributed by atoms with van der Waals surface area (Å²) < 4.78 is 0. The van der Waals surface area contributed by atoms with Crippen molar-refractivity contribution < 1.29 is 4.79 Å². The van der Waals surface area contributed by atoms with Gasteiger partial charge in [0, 0.05) is 11.1 Å². The molecule has 0 atom stereocenters. The molecule has 2 nitrogen and oxygen atoms in total. The van der Waals surface area contributed by atoms with Gasteiger partial charge in [0.15, 0.2) is 0 Å². The lowest BCUT2D eigenvalue weighted by molar-refractivity contribution is -0.123. The predicted molar refractivity (Wildman–Crippen MR) is 77.4 cm³/mol. The van der Waals surface area contributed by atoms with Gasteiger partial charge in [0.2, 0.25) is 5.91 Å². The smallest absolute Gasteiger partial charge is 0.229 e. The highest BCUT2D eigenvalue weighted by molar-refractivity contribution is 5.95. The topological polar surface area (TPSA) is 29.1 Å². The Bertz CT molecular complexity index is 390. The van der Waals surface area contributed by atoms with Gasteiger partial charge in [-0.25, -0.2) is 0 Å². The minimum absolute atomic E-state index is 0.0621. The van der Waals surface area contributed by atoms with Gasteiger partial charge < -0.3 is 5.32 Å². The SMILES string of the molecule is [CH2]CCCCc1ccccc1NC(=O)C(C)(C)C. The standard InChI is InChI=1S/C16H24NO/c1-5-6-7-10-13-11-8-9-12-14(13)17-15(18)16(2,3)4/h8-9,11-12H,1,5-7,10H2,2-4H3,(H,17,18). The van der Waals surface area contributed by atoms with E-state index in [0.29, 0.717) is 0 Å². The van der Waals surface area contributed by atoms with E-state index >= 15 is 0 Å². The molecular formula is C16H24NO. The van der Waals surface area contributed by atoms with E-state index in [1.807, 2.05) is 39.0 Å². The highest BCUT2D eigenvalue weighted by Crippen LogP contribution is 2.21. The number of amides is 1. The summed E-state index contributed by atoms with van der Waals surface area (Å²) in [5.41, 5.74) is 1.80. The van der Waals surface area contributed by atoms with Crippen molar-refractivity contribution in [2.24, 2.45) is 5.41 Å². The summed E-state index contributed by atoms with van der Waals surface area (Å²) in [6, 6.07) is 8.04. The van der Waals surface area contributed by atoms with Gasteiger partial charge in [-0.15, -0.1) is 0 Å². The summed E-state index contributed by atoms with van der Waals surface area (Å²) in [5, 5.41) is 3.02. The van der Waals surface area contributed by atoms with Crippen LogP contribution in [0.2, 0.25) is 0 Å². The minimum atomic E-state index is -0.361. The molecule has 1 rings (SSSR count). The van der Waals surface area contributed by atoms with Crippen LogP contribution in [0.25, 0.3) is 0 Å². The van der Waals surface area contributed by atoms with E-state index in [4.69, 9.17) is 0 Å². The molecule has 1 aromatic rings. The van der Waals surface area contributed by atoms with Gasteiger partial charge in [-0.3, -0.25) is 4.79 Å². The first-order valence-electron chi connectivity index (χ1n) is 6.64. The van der Waals surface area contributed by atoms with Crippen LogP contribution in [0.5, 0.6) is 0 Å². The zero-order valence-electron chi connectivity index (χ0n) is 11.8. The fourth-order valence-corrected chi connectivity index (χ4v) is 1.66. The lowest BCUT2D eigenvalue weighted by atomic mass is 9.95. The molecule has 18 heavy (non-hydrogen) atoms. The molecule has 0 fully saturated rings. The predicted octanol–water partition coefficient (Wildman–Crippen LogP) is 4.22. The Kier molecular flexibility index (Phi) is 5.39. The molecule has 0 saturated carbocycles. The summed E-state index contributed by atoms with van der Waals surface area (Å²) in [4.78, 5) is 12.0. The molecule has 0 saturated heterocycles. The van der Waals surface area contributed by atoms with E-state index in [2.05, 4.69) is 18.3 Å². The maximum absolute atomic E-state index is 12.0. The fourth-order valence-electron chi connectivity index (χ4n) is 1.66. The van der Waals surface area contributed by atoms with Gasteiger partial charge in [-0.05, 0) is 24.5 Å². The summed E-state index contributed by atoms with van der Waals surface area (Å²) in [6.45, 7) is 9.62. The number of benzene rings is 1. The van der Waals surface area contributed by atoms with Crippen molar-refractivity contribution in [1.29, 1.82) is 0 Å². The lowest BCUT2D eigenvalue weighted by Crippen LogP contribution is -2.28. The Hall–Kier alpha value is -1.31. The second-order valence-corrected chi connectivity index (χ2v) is 5.67. The highest BCUT2D eigenvalue weighted by Gasteiger charge is 2.21. The molecule has 1 radical (unpaired) electrons. The number of anilines is 1. The van der Waals surface area contributed by atoms with Gasteiger partial charge in [0.05, 0.1) is 0 Å². The van der Waals surface area contributed by atoms with Crippen LogP contribution in [-0.2, 0) is 11.2 Å². The Labute approximate surface area is 111 Å². The quantitative estimate of drug-likeness (QED) is 0.774. The second-order valence-electron chi connectivity index (χ2n) is 5.67. The first-order chi connectivity index (χ1) is 8.45. The molecule has 0 heterocycles. The molecular weight excluding hydrogens is 222 g/mol. The Morgan fingerprint density at radius 3 is 2.50 bits per heavy atom. The summed E-state index contributed by atoms with van der Waals surface area (Å²) in [6.07, 6.45) is 4.21. The van der Waals surface area contributed by atoms with Crippen LogP contribution in [0.1, 0.15) is 45.6 Å². The molecule has 0 spiro atoms. The Morgan fingerprint density at radius 1 is 1.22 bits per heavy atom. The lowest BCUT2D eigenvalue weighted by Gasteiger charge is -2.19. The van der Waals surface area contributed by atoms with Crippen molar-refractivity contribution in [3.05, 3.63) is 36.8 Å². The van der Waals surface area contributed by atoms with Crippen LogP contribution in [0.4, 0.5) is 5.69 Å². The second kappa shape index (κ2) is 6.58. The van der Waals surface area contributed by atoms with Crippen LogP contribution in [0, 0.1) is 12.3 Å². The van der Waals surface area contributed by atoms with E-state index in [1.165, 1.54) is 5.56 Å². The van der Waals surface area contributed by atoms with Gasteiger partial charge in [-0.1, -0.05) is 58.7 Å². The average molecular weight is 246 g/mol. The van der Waals surface area contributed by atoms with Crippen molar-refractivity contribution in [3.8, 4) is 0 Å². The molecule has 1 aromatic carbocycles. The largest absolute Gasteiger partial charge is 0.325 e. The van der Waals surface area contributed by atoms with Gasteiger partial charge >= 0.3 is 0 Å². The Balaban J connectivity index is 2.73. The van der Waals surface area contributed by atoms with Gasteiger partial charge in [-0.2, -0.15) is 0 Å². The number of rotatable bonds is 5. The molecule has 99 valence electrons. The van der Waals surface area contributed by atoms with E-state index in [0.717, 1.165) is 31.4 Å². The molecule has 0 bridgehead atoms. The van der Waals surface area contributed by atoms with E-state index in [1.54, 1.807) is 0 Å². The number of carbonyl (C=O) groups is 1. The number of nitrogens with one attached hydrogen (secondary N) is 1. The van der Waals surface area contributed by atoms with E-state index in [9.17, 15) is 4.79 Å². The van der Waals surface area contributed by atoms with Crippen molar-refractivity contribution in [1.82, 2.24) is 0 Å². The molecule has 1 amide bonds. The van der Waals surface area contributed by atoms with Gasteiger partial charge in [0.1, 0.15) is 0 Å². The van der Waals surface area contributed by atoms with Crippen molar-refractivity contribution in [2.75, 3.05) is 5.32 Å². The molecule has 0 aliphatic carbocycles. The third kappa shape index (κ3) is 4.52. The fraction of sp³-hybridized carbons (Fsp3) is 0.500. The van der Waals surface area contributed by atoms with Crippen LogP contribution in [0.15, 0.2) is 24.3 Å². The van der Waals surface area contributed by atoms with E-state index in [-0.39, 0.29) is 11.3 Å². The molecule has 0 aliphatic heterocycles. The van der Waals surface area contributed by atoms with Gasteiger partial charge in [0.25, 0.3) is 0 Å². The van der Waals surface area contributed by atoms with Crippen LogP contribution in [-0.4, -0.2) is 5.91 Å². The maximum Gasteiger partial charge on any atom is 0.229 e. The molecule has 0 aromatic heterocycles. The zero-order valence-corrected chi connectivity index (χ0v) is 11.8. The van der Waals surface area contributed by atoms with E-state index < -0.39 is 0 Å². The third-order valence-corrected chi connectivity index (χ3v) is 2.89. The van der Waals surface area contributed by atoms with Crippen LogP contribution in [0.3, 0.4) is 0 Å². The summed E-state index contributed by atoms with van der Waals surface area (Å²) in [5.74, 6) is 0.0621. The first-order valence-corrected chi connectivity index (χ1v) is 6.64. The summed E-state index contributed by atoms with van der Waals surface area (Å²) in [7, 11) is 0. The number of aryl methyl sites for hydroxylation is 1. The summed E-state index contributed by atoms with van der Waals surface area (Å²) >= 11 is 0. The number of hydrogen-bond acceptors (Lipinski definition) is 1. The van der Waals surface area contributed by atoms with Crippen molar-refractivity contribution in [2.45, 2.75) is 46.5 Å². The monoisotopic (exact) mass is 246 g/mol. The zero-order chi connectivity index (χ0) is 13.6. The molecule has 0 unspecified atom stereocenters. The molecule has 2 heteroatoms. The minimum Gasteiger partial charge on any atom is -0.325 e. The van der Waals surface area contributed by atoms with Crippen molar-refractivity contribution >= 4 is 11.6 Å². The molecule has 1 N–H and O–H groups in total. The highest BCUT2D eigenvalue weighted by atomic mass is 16.2. The van der Waals surface area contributed by atoms with Crippen LogP contribution >= 0.6 is 0 Å². The molecule has 0 aliphatic rings. The first kappa shape index (κ1) is 14.7. The number of hydrogen-bond donors (Lipinski definition) is 1. The number of unbranched alkanes of at least 4 members (excludes halogenated alkanes) is 2. The van der Waals surface area contributed by atoms with Crippen molar-refractivity contribution in [3.63, 3.8) is 0 Å². The number of carbonyl (C=O) groups excluding carboxylic acids is 1. The number of para-hydroxylation sites is 1. The third-order valence-electron chi connectivity index (χ3n) is 2.89. The average Bonchev–Trinajstić information content (AvgIpc) is 2.30. The maximum atomic E-state index is 12.0. The Morgan fingerprint density at radius 2 is 1.89 bits per heavy atom. The van der Waals surface area contributed by atoms with Crippen LogP contribution < -0.4 is 5.32 Å².